The van der Waals surface area contributed by atoms with Crippen LogP contribution >= 0.6 is 0 Å². The summed E-state index contributed by atoms with van der Waals surface area (Å²) in [6, 6.07) is 11.7. The molecule has 0 spiro atoms. The Balaban J connectivity index is 1.84. The van der Waals surface area contributed by atoms with E-state index in [1.54, 1.807) is 14.2 Å². The normalized spacial score (nSPS) is 21.2. The highest BCUT2D eigenvalue weighted by Gasteiger charge is 2.52. The summed E-state index contributed by atoms with van der Waals surface area (Å²) in [4.78, 5) is 26.9. The average molecular weight is 404 g/mol. The number of rotatable bonds is 4. The van der Waals surface area contributed by atoms with Crippen LogP contribution in [0, 0.1) is 0 Å². The van der Waals surface area contributed by atoms with E-state index >= 15 is 0 Å². The largest absolute Gasteiger partial charge is 0.493 e. The molecule has 6 nitrogen and oxygen atoms in total. The Labute approximate surface area is 173 Å². The van der Waals surface area contributed by atoms with E-state index in [0.29, 0.717) is 22.6 Å². The number of carbonyl (C=O) groups excluding carboxylic acids is 2. The Hall–Kier alpha value is -3.54. The molecule has 152 valence electrons. The summed E-state index contributed by atoms with van der Waals surface area (Å²) in [5.74, 6) is -0.340. The molecule has 6 heteroatoms. The minimum Gasteiger partial charge on any atom is -0.493 e. The summed E-state index contributed by atoms with van der Waals surface area (Å²) in [6.07, 6.45) is 0. The zero-order chi connectivity index (χ0) is 21.2. The second-order valence-electron chi connectivity index (χ2n) is 7.38. The second-order valence-corrected chi connectivity index (χ2v) is 7.38. The van der Waals surface area contributed by atoms with Crippen molar-refractivity contribution in [2.24, 2.45) is 0 Å². The Morgan fingerprint density at radius 3 is 1.33 bits per heavy atom. The van der Waals surface area contributed by atoms with E-state index in [0.717, 1.165) is 22.3 Å². The van der Waals surface area contributed by atoms with Gasteiger partial charge in [0.15, 0.2) is 11.5 Å². The van der Waals surface area contributed by atoms with Crippen LogP contribution < -0.4 is 9.47 Å². The van der Waals surface area contributed by atoms with Gasteiger partial charge in [0, 0.05) is 23.0 Å². The molecule has 0 radical (unpaired) electrons. The Kier molecular flexibility index (Phi) is 4.00. The van der Waals surface area contributed by atoms with Crippen molar-refractivity contribution in [1.29, 1.82) is 0 Å². The van der Waals surface area contributed by atoms with Crippen LogP contribution in [-0.2, 0) is 19.1 Å². The van der Waals surface area contributed by atoms with E-state index < -0.39 is 11.8 Å². The van der Waals surface area contributed by atoms with E-state index in [1.165, 1.54) is 14.2 Å². The van der Waals surface area contributed by atoms with Crippen LogP contribution in [0.4, 0.5) is 0 Å². The molecule has 4 aliphatic rings. The van der Waals surface area contributed by atoms with E-state index in [-0.39, 0.29) is 23.1 Å². The highest BCUT2D eigenvalue weighted by Crippen LogP contribution is 2.59. The molecule has 0 saturated carbocycles. The number of hydrogen-bond donors (Lipinski definition) is 0. The minimum atomic E-state index is -0.393. The standard InChI is InChI=1S/C24H20O6/c1-27-15-9-13-14(10-16(15)28-2)18-12-8-6-5-7-11(12)17(13)19-20(18)22(26)24(30-4)23(29-3)21(19)25/h5-10,17-18H,1-4H3. The highest BCUT2D eigenvalue weighted by atomic mass is 16.5. The van der Waals surface area contributed by atoms with Gasteiger partial charge < -0.3 is 18.9 Å². The van der Waals surface area contributed by atoms with Crippen molar-refractivity contribution in [2.75, 3.05) is 28.4 Å². The van der Waals surface area contributed by atoms with Crippen LogP contribution in [0.1, 0.15) is 34.1 Å². The zero-order valence-corrected chi connectivity index (χ0v) is 17.1. The molecular weight excluding hydrogens is 384 g/mol. The third-order valence-electron chi connectivity index (χ3n) is 6.21. The molecule has 2 unspecified atom stereocenters. The SMILES string of the molecule is COC1=C(OC)C(=O)C2=C(C1=O)C1c3ccccc3C2c2cc(OC)c(OC)cc21. The summed E-state index contributed by atoms with van der Waals surface area (Å²) in [7, 11) is 5.91. The smallest absolute Gasteiger partial charge is 0.229 e. The van der Waals surface area contributed by atoms with Gasteiger partial charge in [0.1, 0.15) is 0 Å². The number of methoxy groups -OCH3 is 4. The fourth-order valence-electron chi connectivity index (χ4n) is 5.04. The third kappa shape index (κ3) is 2.13. The predicted molar refractivity (Wildman–Crippen MR) is 108 cm³/mol. The number of ketones is 2. The number of Topliss-reactive ketones (excluding diaryl/α,β-unsaturated/α-hetero) is 2. The first kappa shape index (κ1) is 18.5. The maximum atomic E-state index is 13.5. The molecule has 0 aromatic heterocycles. The van der Waals surface area contributed by atoms with E-state index in [9.17, 15) is 9.59 Å². The molecule has 4 aliphatic carbocycles. The Morgan fingerprint density at radius 1 is 0.600 bits per heavy atom. The number of benzene rings is 2. The highest BCUT2D eigenvalue weighted by molar-refractivity contribution is 6.26. The first-order valence-electron chi connectivity index (χ1n) is 9.57. The fourth-order valence-corrected chi connectivity index (χ4v) is 5.04. The molecule has 0 N–H and O–H groups in total. The van der Waals surface area contributed by atoms with E-state index in [2.05, 4.69) is 0 Å². The maximum Gasteiger partial charge on any atom is 0.229 e. The number of allylic oxidation sites excluding steroid dienone is 2. The molecule has 0 aliphatic heterocycles. The lowest BCUT2D eigenvalue weighted by Gasteiger charge is -2.44. The fraction of sp³-hybridized carbons (Fsp3) is 0.250. The van der Waals surface area contributed by atoms with Crippen molar-refractivity contribution in [3.05, 3.63) is 81.3 Å². The van der Waals surface area contributed by atoms with Gasteiger partial charge in [0.05, 0.1) is 28.4 Å². The predicted octanol–water partition coefficient (Wildman–Crippen LogP) is 3.25. The van der Waals surface area contributed by atoms with Crippen molar-refractivity contribution >= 4 is 11.6 Å². The molecule has 0 heterocycles. The van der Waals surface area contributed by atoms with Crippen LogP contribution in [-0.4, -0.2) is 40.0 Å². The van der Waals surface area contributed by atoms with Crippen molar-refractivity contribution in [2.45, 2.75) is 11.8 Å². The first-order chi connectivity index (χ1) is 14.6. The van der Waals surface area contributed by atoms with Gasteiger partial charge in [-0.05, 0) is 34.4 Å². The molecule has 2 atom stereocenters. The molecule has 0 fully saturated rings. The van der Waals surface area contributed by atoms with E-state index in [1.807, 2.05) is 36.4 Å². The zero-order valence-electron chi connectivity index (χ0n) is 17.1. The quantitative estimate of drug-likeness (QED) is 0.729. The maximum absolute atomic E-state index is 13.5. The van der Waals surface area contributed by atoms with Crippen molar-refractivity contribution in [3.8, 4) is 11.5 Å². The summed E-state index contributed by atoms with van der Waals surface area (Å²) < 4.78 is 21.6. The van der Waals surface area contributed by atoms with Crippen LogP contribution in [0.2, 0.25) is 0 Å². The molecule has 2 bridgehead atoms. The Bertz CT molecular complexity index is 1100. The van der Waals surface area contributed by atoms with Gasteiger partial charge in [-0.1, -0.05) is 24.3 Å². The van der Waals surface area contributed by atoms with Crippen molar-refractivity contribution in [1.82, 2.24) is 0 Å². The molecule has 2 aromatic carbocycles. The van der Waals surface area contributed by atoms with Gasteiger partial charge in [-0.25, -0.2) is 0 Å². The summed E-state index contributed by atoms with van der Waals surface area (Å²) >= 11 is 0. The Morgan fingerprint density at radius 2 is 1.00 bits per heavy atom. The monoisotopic (exact) mass is 404 g/mol. The summed E-state index contributed by atoms with van der Waals surface area (Å²) in [5.41, 5.74) is 4.82. The van der Waals surface area contributed by atoms with Gasteiger partial charge in [0.25, 0.3) is 0 Å². The first-order valence-corrected chi connectivity index (χ1v) is 9.57. The van der Waals surface area contributed by atoms with Crippen molar-refractivity contribution in [3.63, 3.8) is 0 Å². The number of carbonyl (C=O) groups is 2. The van der Waals surface area contributed by atoms with Crippen LogP contribution in [0.15, 0.2) is 59.1 Å². The molecule has 2 aromatic rings. The summed E-state index contributed by atoms with van der Waals surface area (Å²) in [5, 5.41) is 0. The van der Waals surface area contributed by atoms with Crippen LogP contribution in [0.5, 0.6) is 11.5 Å². The lowest BCUT2D eigenvalue weighted by Crippen LogP contribution is -2.38. The second kappa shape index (κ2) is 6.49. The third-order valence-corrected chi connectivity index (χ3v) is 6.21. The number of ether oxygens (including phenoxy) is 4. The molecule has 30 heavy (non-hydrogen) atoms. The van der Waals surface area contributed by atoms with Crippen molar-refractivity contribution < 1.29 is 28.5 Å². The topological polar surface area (TPSA) is 71.1 Å². The van der Waals surface area contributed by atoms with Gasteiger partial charge in [-0.3, -0.25) is 9.59 Å². The van der Waals surface area contributed by atoms with Gasteiger partial charge in [-0.15, -0.1) is 0 Å². The van der Waals surface area contributed by atoms with E-state index in [4.69, 9.17) is 18.9 Å². The van der Waals surface area contributed by atoms with Crippen LogP contribution in [0.25, 0.3) is 0 Å². The molecular formula is C24H20O6. The average Bonchev–Trinajstić information content (AvgIpc) is 2.79. The van der Waals surface area contributed by atoms with Crippen LogP contribution in [0.3, 0.4) is 0 Å². The lowest BCUT2D eigenvalue weighted by molar-refractivity contribution is -0.121. The molecule has 0 saturated heterocycles. The van der Waals surface area contributed by atoms with Gasteiger partial charge in [-0.2, -0.15) is 0 Å². The number of hydrogen-bond acceptors (Lipinski definition) is 6. The summed E-state index contributed by atoms with van der Waals surface area (Å²) in [6.45, 7) is 0. The molecule has 6 rings (SSSR count). The van der Waals surface area contributed by atoms with Gasteiger partial charge >= 0.3 is 0 Å². The lowest BCUT2D eigenvalue weighted by atomic mass is 9.58. The minimum absolute atomic E-state index is 0.0479. The molecule has 0 amide bonds. The van der Waals surface area contributed by atoms with Gasteiger partial charge in [0.2, 0.25) is 23.1 Å².